The summed E-state index contributed by atoms with van der Waals surface area (Å²) in [6.45, 7) is 1.96. The van der Waals surface area contributed by atoms with Crippen LogP contribution in [0.1, 0.15) is 11.1 Å². The summed E-state index contributed by atoms with van der Waals surface area (Å²) in [6, 6.07) is 12.9. The van der Waals surface area contributed by atoms with Crippen molar-refractivity contribution < 1.29 is 4.74 Å². The van der Waals surface area contributed by atoms with E-state index < -0.39 is 0 Å². The van der Waals surface area contributed by atoms with Crippen LogP contribution < -0.4 is 10.5 Å². The number of hydrogen-bond donors (Lipinski definition) is 1. The van der Waals surface area contributed by atoms with Crippen molar-refractivity contribution in [1.29, 1.82) is 5.26 Å². The first kappa shape index (κ1) is 13.3. The minimum atomic E-state index is 0.255. The normalized spacial score (nSPS) is 9.95. The first-order chi connectivity index (χ1) is 9.10. The molecule has 4 heteroatoms. The van der Waals surface area contributed by atoms with Crippen LogP contribution in [0, 0.1) is 18.3 Å². The molecule has 0 saturated heterocycles. The fourth-order valence-electron chi connectivity index (χ4n) is 1.70. The van der Waals surface area contributed by atoms with E-state index in [-0.39, 0.29) is 6.42 Å². The Morgan fingerprint density at radius 3 is 2.74 bits per heavy atom. The van der Waals surface area contributed by atoms with Gasteiger partial charge in [-0.2, -0.15) is 5.26 Å². The number of nitrogen functional groups attached to an aromatic ring is 1. The summed E-state index contributed by atoms with van der Waals surface area (Å²) in [7, 11) is 0. The van der Waals surface area contributed by atoms with Crippen LogP contribution >= 0.6 is 11.6 Å². The van der Waals surface area contributed by atoms with Gasteiger partial charge in [0.1, 0.15) is 11.5 Å². The molecule has 0 saturated carbocycles. The quantitative estimate of drug-likeness (QED) is 0.856. The molecule has 0 amide bonds. The number of hydrogen-bond acceptors (Lipinski definition) is 3. The van der Waals surface area contributed by atoms with Gasteiger partial charge in [0.25, 0.3) is 0 Å². The number of rotatable bonds is 3. The van der Waals surface area contributed by atoms with E-state index in [1.54, 1.807) is 18.2 Å². The molecule has 0 spiro atoms. The fraction of sp³-hybridized carbons (Fsp3) is 0.133. The Kier molecular flexibility index (Phi) is 3.94. The lowest BCUT2D eigenvalue weighted by atomic mass is 10.1. The molecule has 3 nitrogen and oxygen atoms in total. The first-order valence-corrected chi connectivity index (χ1v) is 6.17. The van der Waals surface area contributed by atoms with Crippen molar-refractivity contribution in [3.8, 4) is 17.6 Å². The number of nitrogens with two attached hydrogens (primary N) is 1. The molecule has 96 valence electrons. The molecule has 0 aliphatic rings. The average Bonchev–Trinajstić information content (AvgIpc) is 2.37. The summed E-state index contributed by atoms with van der Waals surface area (Å²) in [5.41, 5.74) is 8.20. The predicted molar refractivity (Wildman–Crippen MR) is 76.4 cm³/mol. The van der Waals surface area contributed by atoms with Crippen LogP contribution in [0.15, 0.2) is 36.4 Å². The van der Waals surface area contributed by atoms with Gasteiger partial charge in [0.15, 0.2) is 0 Å². The third-order valence-electron chi connectivity index (χ3n) is 2.70. The molecule has 0 fully saturated rings. The van der Waals surface area contributed by atoms with Gasteiger partial charge in [-0.25, -0.2) is 0 Å². The third-order valence-corrected chi connectivity index (χ3v) is 2.99. The van der Waals surface area contributed by atoms with Gasteiger partial charge in [0, 0.05) is 5.69 Å². The number of aryl methyl sites for hydroxylation is 1. The molecule has 0 aliphatic heterocycles. The van der Waals surface area contributed by atoms with Crippen molar-refractivity contribution >= 4 is 17.3 Å². The molecule has 0 unspecified atom stereocenters. The van der Waals surface area contributed by atoms with Gasteiger partial charge in [-0.3, -0.25) is 0 Å². The van der Waals surface area contributed by atoms with Crippen molar-refractivity contribution in [3.05, 3.63) is 52.5 Å². The molecule has 2 N–H and O–H groups in total. The van der Waals surface area contributed by atoms with Crippen LogP contribution in [0.5, 0.6) is 11.5 Å². The Morgan fingerprint density at radius 1 is 1.26 bits per heavy atom. The van der Waals surface area contributed by atoms with Crippen LogP contribution in [0.25, 0.3) is 0 Å². The zero-order valence-electron chi connectivity index (χ0n) is 10.5. The number of anilines is 1. The minimum Gasteiger partial charge on any atom is -0.456 e. The monoisotopic (exact) mass is 272 g/mol. The van der Waals surface area contributed by atoms with E-state index in [4.69, 9.17) is 27.3 Å². The summed E-state index contributed by atoms with van der Waals surface area (Å²) >= 11 is 6.11. The first-order valence-electron chi connectivity index (χ1n) is 5.79. The summed E-state index contributed by atoms with van der Waals surface area (Å²) in [5, 5.41) is 9.29. The summed E-state index contributed by atoms with van der Waals surface area (Å²) < 4.78 is 5.71. The minimum absolute atomic E-state index is 0.255. The smallest absolute Gasteiger partial charge is 0.146 e. The predicted octanol–water partition coefficient (Wildman–Crippen LogP) is 4.09. The topological polar surface area (TPSA) is 59.0 Å². The summed E-state index contributed by atoms with van der Waals surface area (Å²) in [6.07, 6.45) is 0.255. The van der Waals surface area contributed by atoms with E-state index in [2.05, 4.69) is 6.07 Å². The van der Waals surface area contributed by atoms with Crippen molar-refractivity contribution in [2.45, 2.75) is 13.3 Å². The molecule has 0 aliphatic carbocycles. The van der Waals surface area contributed by atoms with Gasteiger partial charge in [0.2, 0.25) is 0 Å². The third kappa shape index (κ3) is 3.18. The SMILES string of the molecule is Cc1ccc(Oc2ccc(N)c(CC#N)c2)c(Cl)c1. The maximum absolute atomic E-state index is 8.73. The van der Waals surface area contributed by atoms with Crippen LogP contribution in [0.2, 0.25) is 5.02 Å². The molecule has 2 aromatic carbocycles. The number of nitrogens with zero attached hydrogens (tertiary/aromatic N) is 1. The highest BCUT2D eigenvalue weighted by molar-refractivity contribution is 6.32. The zero-order valence-corrected chi connectivity index (χ0v) is 11.2. The summed E-state index contributed by atoms with van der Waals surface area (Å²) in [4.78, 5) is 0. The lowest BCUT2D eigenvalue weighted by Gasteiger charge is -2.10. The Labute approximate surface area is 117 Å². The Hall–Kier alpha value is -2.18. The molecular weight excluding hydrogens is 260 g/mol. The molecule has 0 atom stereocenters. The highest BCUT2D eigenvalue weighted by Gasteiger charge is 2.06. The van der Waals surface area contributed by atoms with Gasteiger partial charge < -0.3 is 10.5 Å². The van der Waals surface area contributed by atoms with E-state index in [0.29, 0.717) is 22.2 Å². The lowest BCUT2D eigenvalue weighted by Crippen LogP contribution is -1.94. The number of halogens is 1. The number of nitriles is 1. The van der Waals surface area contributed by atoms with E-state index in [1.165, 1.54) is 0 Å². The maximum atomic E-state index is 8.73. The molecular formula is C15H13ClN2O. The number of benzene rings is 2. The summed E-state index contributed by atoms with van der Waals surface area (Å²) in [5.74, 6) is 1.20. The molecule has 2 aromatic rings. The standard InChI is InChI=1S/C15H13ClN2O/c1-10-2-5-15(13(16)8-10)19-12-3-4-14(18)11(9-12)6-7-17/h2-5,8-9H,6,18H2,1H3. The van der Waals surface area contributed by atoms with Crippen LogP contribution in [-0.4, -0.2) is 0 Å². The van der Waals surface area contributed by atoms with E-state index >= 15 is 0 Å². The Morgan fingerprint density at radius 2 is 2.05 bits per heavy atom. The van der Waals surface area contributed by atoms with Gasteiger partial charge in [0.05, 0.1) is 17.5 Å². The van der Waals surface area contributed by atoms with E-state index in [9.17, 15) is 0 Å². The number of ether oxygens (including phenoxy) is 1. The zero-order chi connectivity index (χ0) is 13.8. The van der Waals surface area contributed by atoms with Gasteiger partial charge >= 0.3 is 0 Å². The molecule has 0 aromatic heterocycles. The van der Waals surface area contributed by atoms with Crippen molar-refractivity contribution in [1.82, 2.24) is 0 Å². The highest BCUT2D eigenvalue weighted by atomic mass is 35.5. The maximum Gasteiger partial charge on any atom is 0.146 e. The second kappa shape index (κ2) is 5.64. The fourth-order valence-corrected chi connectivity index (χ4v) is 1.97. The van der Waals surface area contributed by atoms with Crippen molar-refractivity contribution in [3.63, 3.8) is 0 Å². The van der Waals surface area contributed by atoms with Gasteiger partial charge in [-0.1, -0.05) is 17.7 Å². The average molecular weight is 273 g/mol. The molecule has 2 rings (SSSR count). The van der Waals surface area contributed by atoms with E-state index in [1.807, 2.05) is 25.1 Å². The van der Waals surface area contributed by atoms with Crippen LogP contribution in [-0.2, 0) is 6.42 Å². The largest absolute Gasteiger partial charge is 0.456 e. The van der Waals surface area contributed by atoms with Crippen molar-refractivity contribution in [2.24, 2.45) is 0 Å². The Bertz CT molecular complexity index is 647. The molecule has 0 bridgehead atoms. The lowest BCUT2D eigenvalue weighted by molar-refractivity contribution is 0.482. The van der Waals surface area contributed by atoms with Gasteiger partial charge in [-0.15, -0.1) is 0 Å². The van der Waals surface area contributed by atoms with Crippen LogP contribution in [0.4, 0.5) is 5.69 Å². The van der Waals surface area contributed by atoms with Crippen molar-refractivity contribution in [2.75, 3.05) is 5.73 Å². The molecule has 0 heterocycles. The van der Waals surface area contributed by atoms with E-state index in [0.717, 1.165) is 11.1 Å². The van der Waals surface area contributed by atoms with Gasteiger partial charge in [-0.05, 0) is 48.4 Å². The highest BCUT2D eigenvalue weighted by Crippen LogP contribution is 2.31. The second-order valence-corrected chi connectivity index (χ2v) is 4.64. The Balaban J connectivity index is 2.28. The second-order valence-electron chi connectivity index (χ2n) is 4.23. The molecule has 19 heavy (non-hydrogen) atoms. The molecule has 0 radical (unpaired) electrons. The van der Waals surface area contributed by atoms with Crippen LogP contribution in [0.3, 0.4) is 0 Å².